The number of carboxylic acid groups (broad SMARTS) is 1. The number of alkyl halides is 3. The number of hydrogen-bond acceptors (Lipinski definition) is 8. The van der Waals surface area contributed by atoms with Crippen LogP contribution in [0.5, 0.6) is 0 Å². The zero-order chi connectivity index (χ0) is 23.6. The van der Waals surface area contributed by atoms with Crippen LogP contribution in [0, 0.1) is 12.8 Å². The van der Waals surface area contributed by atoms with Crippen molar-refractivity contribution in [2.75, 3.05) is 36.5 Å². The van der Waals surface area contributed by atoms with Crippen LogP contribution in [0.1, 0.15) is 12.1 Å². The molecule has 176 valence electrons. The summed E-state index contributed by atoms with van der Waals surface area (Å²) in [7, 11) is 0. The highest BCUT2D eigenvalue weighted by Crippen LogP contribution is 2.30. The molecule has 13 heteroatoms. The first-order valence-corrected chi connectivity index (χ1v) is 10.3. The lowest BCUT2D eigenvalue weighted by Crippen LogP contribution is -2.25. The molecule has 0 aromatic carbocycles. The number of aryl methyl sites for hydroxylation is 1. The zero-order valence-electron chi connectivity index (χ0n) is 17.7. The van der Waals surface area contributed by atoms with Crippen molar-refractivity contribution in [2.24, 2.45) is 5.92 Å². The molecule has 10 nitrogen and oxygen atoms in total. The number of anilines is 3. The van der Waals surface area contributed by atoms with Crippen LogP contribution in [0.15, 0.2) is 24.4 Å². The zero-order valence-corrected chi connectivity index (χ0v) is 17.7. The van der Waals surface area contributed by atoms with E-state index in [9.17, 15) is 23.1 Å². The van der Waals surface area contributed by atoms with E-state index >= 15 is 0 Å². The van der Waals surface area contributed by atoms with Gasteiger partial charge in [-0.05, 0) is 25.5 Å². The lowest BCUT2D eigenvalue weighted by atomic mass is 10.1. The van der Waals surface area contributed by atoms with Gasteiger partial charge in [0.25, 0.3) is 0 Å². The van der Waals surface area contributed by atoms with E-state index in [0.29, 0.717) is 47.3 Å². The fourth-order valence-electron chi connectivity index (χ4n) is 3.65. The maximum absolute atomic E-state index is 12.4. The molecule has 0 aliphatic carbocycles. The van der Waals surface area contributed by atoms with Crippen LogP contribution in [-0.2, 0) is 16.1 Å². The summed E-state index contributed by atoms with van der Waals surface area (Å²) in [4.78, 5) is 26.6. The quantitative estimate of drug-likeness (QED) is 0.484. The molecule has 1 saturated heterocycles. The molecule has 4 rings (SSSR count). The van der Waals surface area contributed by atoms with Crippen molar-refractivity contribution in [3.8, 4) is 0 Å². The van der Waals surface area contributed by atoms with Gasteiger partial charge in [0.15, 0.2) is 5.82 Å². The Kier molecular flexibility index (Phi) is 6.31. The lowest BCUT2D eigenvalue weighted by molar-refractivity contribution is -0.174. The molecule has 1 aliphatic heterocycles. The third-order valence-corrected chi connectivity index (χ3v) is 5.19. The highest BCUT2D eigenvalue weighted by atomic mass is 19.4. The fraction of sp³-hybridized carbons (Fsp3) is 0.450. The molecule has 33 heavy (non-hydrogen) atoms. The molecular weight excluding hydrogens is 443 g/mol. The highest BCUT2D eigenvalue weighted by molar-refractivity contribution is 5.90. The van der Waals surface area contributed by atoms with Gasteiger partial charge in [-0.2, -0.15) is 23.3 Å². The predicted molar refractivity (Wildman–Crippen MR) is 112 cm³/mol. The van der Waals surface area contributed by atoms with Crippen molar-refractivity contribution >= 4 is 34.6 Å². The van der Waals surface area contributed by atoms with Crippen molar-refractivity contribution < 1.29 is 27.8 Å². The average molecular weight is 465 g/mol. The summed E-state index contributed by atoms with van der Waals surface area (Å²) >= 11 is 0. The van der Waals surface area contributed by atoms with Crippen LogP contribution in [0.2, 0.25) is 0 Å². The standard InChI is InChI=1S/C20H22F3N7O3/c1-12-15-16(30(28-12)8-9-33-11-20(21,22)23)17(25-14-4-2-3-6-24-14)27-19(26-15)29-7-5-13(10-29)18(31)32/h2-4,6,13H,5,7-11H2,1H3,(H,31,32)(H,24,25,26,27)/t13-/m0/s1. The molecule has 1 atom stereocenters. The Bertz CT molecular complexity index is 1140. The predicted octanol–water partition coefficient (Wildman–Crippen LogP) is 2.76. The van der Waals surface area contributed by atoms with E-state index in [1.807, 2.05) is 0 Å². The van der Waals surface area contributed by atoms with Gasteiger partial charge in [-0.3, -0.25) is 9.48 Å². The third kappa shape index (κ3) is 5.30. The number of ether oxygens (including phenoxy) is 1. The van der Waals surface area contributed by atoms with E-state index in [-0.39, 0.29) is 19.7 Å². The van der Waals surface area contributed by atoms with E-state index in [4.69, 9.17) is 4.74 Å². The molecule has 0 amide bonds. The molecule has 0 bridgehead atoms. The number of fused-ring (bicyclic) bond motifs is 1. The summed E-state index contributed by atoms with van der Waals surface area (Å²) in [5, 5.41) is 16.9. The van der Waals surface area contributed by atoms with Crippen molar-refractivity contribution in [3.63, 3.8) is 0 Å². The Labute approximate surface area is 186 Å². The third-order valence-electron chi connectivity index (χ3n) is 5.19. The van der Waals surface area contributed by atoms with Crippen molar-refractivity contribution in [1.82, 2.24) is 24.7 Å². The summed E-state index contributed by atoms with van der Waals surface area (Å²) < 4.78 is 43.4. The van der Waals surface area contributed by atoms with Crippen LogP contribution >= 0.6 is 0 Å². The van der Waals surface area contributed by atoms with E-state index in [1.165, 1.54) is 4.68 Å². The summed E-state index contributed by atoms with van der Waals surface area (Å²) in [5.41, 5.74) is 1.56. The number of aromatic nitrogens is 5. The van der Waals surface area contributed by atoms with Crippen LogP contribution in [-0.4, -0.2) is 68.3 Å². The van der Waals surface area contributed by atoms with Crippen molar-refractivity contribution in [1.29, 1.82) is 0 Å². The Hall–Kier alpha value is -3.48. The first-order chi connectivity index (χ1) is 15.7. The smallest absolute Gasteiger partial charge is 0.411 e. The van der Waals surface area contributed by atoms with E-state index in [0.717, 1.165) is 0 Å². The molecule has 3 aromatic rings. The Morgan fingerprint density at radius 2 is 2.15 bits per heavy atom. The molecule has 1 fully saturated rings. The molecule has 0 unspecified atom stereocenters. The normalized spacial score (nSPS) is 16.5. The Morgan fingerprint density at radius 1 is 1.33 bits per heavy atom. The second-order valence-corrected chi connectivity index (χ2v) is 7.66. The van der Waals surface area contributed by atoms with E-state index < -0.39 is 24.7 Å². The Balaban J connectivity index is 1.68. The minimum Gasteiger partial charge on any atom is -0.481 e. The minimum absolute atomic E-state index is 0.0603. The molecule has 0 radical (unpaired) electrons. The van der Waals surface area contributed by atoms with Crippen molar-refractivity contribution in [2.45, 2.75) is 26.1 Å². The van der Waals surface area contributed by atoms with E-state index in [2.05, 4.69) is 25.4 Å². The average Bonchev–Trinajstić information content (AvgIpc) is 3.37. The first-order valence-electron chi connectivity index (χ1n) is 10.3. The number of carboxylic acids is 1. The van der Waals surface area contributed by atoms with Crippen LogP contribution in [0.3, 0.4) is 0 Å². The number of pyridine rings is 1. The SMILES string of the molecule is Cc1nn(CCOCC(F)(F)F)c2c(Nc3ccccn3)nc(N3CC[C@H](C(=O)O)C3)nc12. The van der Waals surface area contributed by atoms with Gasteiger partial charge in [-0.25, -0.2) is 9.97 Å². The van der Waals surface area contributed by atoms with Crippen LogP contribution in [0.25, 0.3) is 11.0 Å². The monoisotopic (exact) mass is 465 g/mol. The highest BCUT2D eigenvalue weighted by Gasteiger charge is 2.31. The Morgan fingerprint density at radius 3 is 2.82 bits per heavy atom. The van der Waals surface area contributed by atoms with Gasteiger partial charge in [-0.1, -0.05) is 6.07 Å². The minimum atomic E-state index is -4.41. The maximum atomic E-state index is 12.4. The maximum Gasteiger partial charge on any atom is 0.411 e. The topological polar surface area (TPSA) is 118 Å². The summed E-state index contributed by atoms with van der Waals surface area (Å²) in [6, 6.07) is 5.29. The summed E-state index contributed by atoms with van der Waals surface area (Å²) in [6.07, 6.45) is -2.32. The molecule has 0 spiro atoms. The van der Waals surface area contributed by atoms with Crippen LogP contribution < -0.4 is 10.2 Å². The van der Waals surface area contributed by atoms with Crippen molar-refractivity contribution in [3.05, 3.63) is 30.1 Å². The largest absolute Gasteiger partial charge is 0.481 e. The molecule has 0 saturated carbocycles. The second-order valence-electron chi connectivity index (χ2n) is 7.66. The van der Waals surface area contributed by atoms with Gasteiger partial charge < -0.3 is 20.1 Å². The number of nitrogens with one attached hydrogen (secondary N) is 1. The fourth-order valence-corrected chi connectivity index (χ4v) is 3.65. The van der Waals surface area contributed by atoms with Gasteiger partial charge in [0.1, 0.15) is 23.5 Å². The second kappa shape index (κ2) is 9.17. The summed E-state index contributed by atoms with van der Waals surface area (Å²) in [5.74, 6) is -0.157. The molecule has 2 N–H and O–H groups in total. The van der Waals surface area contributed by atoms with Gasteiger partial charge in [0.2, 0.25) is 5.95 Å². The van der Waals surface area contributed by atoms with Gasteiger partial charge >= 0.3 is 12.1 Å². The molecule has 3 aromatic heterocycles. The number of nitrogens with zero attached hydrogens (tertiary/aromatic N) is 6. The number of aliphatic carboxylic acids is 1. The lowest BCUT2D eigenvalue weighted by Gasteiger charge is -2.18. The van der Waals surface area contributed by atoms with Gasteiger partial charge in [0.05, 0.1) is 24.8 Å². The number of rotatable bonds is 8. The van der Waals surface area contributed by atoms with Gasteiger partial charge in [0, 0.05) is 19.3 Å². The number of hydrogen-bond donors (Lipinski definition) is 2. The van der Waals surface area contributed by atoms with Gasteiger partial charge in [-0.15, -0.1) is 0 Å². The molecule has 1 aliphatic rings. The van der Waals surface area contributed by atoms with Crippen LogP contribution in [0.4, 0.5) is 30.8 Å². The molecular formula is C20H22F3N7O3. The number of carbonyl (C=O) groups is 1. The molecule has 4 heterocycles. The number of halogens is 3. The summed E-state index contributed by atoms with van der Waals surface area (Å²) in [6.45, 7) is 1.02. The first kappa shape index (κ1) is 22.7. The van der Waals surface area contributed by atoms with E-state index in [1.54, 1.807) is 36.2 Å².